The van der Waals surface area contributed by atoms with Crippen LogP contribution in [0.1, 0.15) is 57.3 Å². The van der Waals surface area contributed by atoms with Crippen molar-refractivity contribution in [1.29, 1.82) is 0 Å². The number of nitrogens with one attached hydrogen (secondary N) is 1. The van der Waals surface area contributed by atoms with Crippen LogP contribution in [-0.4, -0.2) is 64.2 Å². The molecule has 2 aliphatic rings. The predicted octanol–water partition coefficient (Wildman–Crippen LogP) is 2.55. The van der Waals surface area contributed by atoms with Gasteiger partial charge in [0.1, 0.15) is 6.61 Å². The zero-order valence-corrected chi connectivity index (χ0v) is 18.5. The maximum atomic E-state index is 13.1. The highest BCUT2D eigenvalue weighted by molar-refractivity contribution is 5.82. The van der Waals surface area contributed by atoms with E-state index in [0.717, 1.165) is 31.2 Å². The van der Waals surface area contributed by atoms with Crippen LogP contribution in [0.15, 0.2) is 29.0 Å². The summed E-state index contributed by atoms with van der Waals surface area (Å²) in [5.74, 6) is 0.540. The van der Waals surface area contributed by atoms with Gasteiger partial charge in [0.2, 0.25) is 23.5 Å². The van der Waals surface area contributed by atoms with E-state index in [1.165, 1.54) is 0 Å². The number of hydrogen-bond donors (Lipinski definition) is 1. The van der Waals surface area contributed by atoms with Crippen molar-refractivity contribution in [3.8, 4) is 11.4 Å². The molecule has 172 valence electrons. The molecule has 1 aliphatic carbocycles. The largest absolute Gasteiger partial charge is 0.372 e. The fourth-order valence-electron chi connectivity index (χ4n) is 4.71. The molecule has 1 saturated heterocycles. The third kappa shape index (κ3) is 5.15. The minimum Gasteiger partial charge on any atom is -0.372 e. The standard InChI is InChI=1S/C23H31N5O4/c1-2-31-15-20(29)28-11-6-4-3-5-10-25-22(30)18-12-17(13-19(18)28)23-26-21(27-32-23)16-8-7-9-24-14-16/h7-9,14,17-19H,2-6,10-13,15H2,1H3,(H,25,30)/t17-,18-,19+/m1/s1. The van der Waals surface area contributed by atoms with Crippen molar-refractivity contribution < 1.29 is 18.8 Å². The highest BCUT2D eigenvalue weighted by Gasteiger charge is 2.45. The number of ether oxygens (including phenoxy) is 1. The third-order valence-corrected chi connectivity index (χ3v) is 6.35. The quantitative estimate of drug-likeness (QED) is 0.759. The molecule has 9 heteroatoms. The molecule has 2 amide bonds. The number of hydrogen-bond acceptors (Lipinski definition) is 7. The number of amides is 2. The van der Waals surface area contributed by atoms with Crippen LogP contribution in [0, 0.1) is 5.92 Å². The number of carbonyl (C=O) groups excluding carboxylic acids is 2. The van der Waals surface area contributed by atoms with E-state index >= 15 is 0 Å². The monoisotopic (exact) mass is 441 g/mol. The van der Waals surface area contributed by atoms with Crippen LogP contribution in [0.2, 0.25) is 0 Å². The zero-order valence-electron chi connectivity index (χ0n) is 18.5. The summed E-state index contributed by atoms with van der Waals surface area (Å²) >= 11 is 0. The number of pyridine rings is 1. The Morgan fingerprint density at radius 2 is 2.16 bits per heavy atom. The lowest BCUT2D eigenvalue weighted by Crippen LogP contribution is -2.48. The SMILES string of the molecule is CCOCC(=O)N1CCCCCCNC(=O)[C@@H]2C[C@@H](c3nc(-c4cccnc4)no3)C[C@@H]21. The average molecular weight is 442 g/mol. The summed E-state index contributed by atoms with van der Waals surface area (Å²) < 4.78 is 11.0. The summed E-state index contributed by atoms with van der Waals surface area (Å²) in [5.41, 5.74) is 0.780. The molecular weight excluding hydrogens is 410 g/mol. The van der Waals surface area contributed by atoms with E-state index in [2.05, 4.69) is 20.4 Å². The van der Waals surface area contributed by atoms with Gasteiger partial charge in [-0.2, -0.15) is 4.98 Å². The van der Waals surface area contributed by atoms with Crippen molar-refractivity contribution >= 4 is 11.8 Å². The molecular formula is C23H31N5O4. The van der Waals surface area contributed by atoms with Gasteiger partial charge in [-0.05, 0) is 44.7 Å². The van der Waals surface area contributed by atoms with E-state index in [-0.39, 0.29) is 36.3 Å². The highest BCUT2D eigenvalue weighted by atomic mass is 16.5. The molecule has 1 saturated carbocycles. The molecule has 2 aromatic rings. The van der Waals surface area contributed by atoms with E-state index in [0.29, 0.717) is 44.3 Å². The molecule has 3 heterocycles. The third-order valence-electron chi connectivity index (χ3n) is 6.35. The maximum Gasteiger partial charge on any atom is 0.248 e. The van der Waals surface area contributed by atoms with Crippen molar-refractivity contribution in [3.05, 3.63) is 30.4 Å². The van der Waals surface area contributed by atoms with Gasteiger partial charge < -0.3 is 19.5 Å². The van der Waals surface area contributed by atoms with E-state index < -0.39 is 0 Å². The molecule has 32 heavy (non-hydrogen) atoms. The topological polar surface area (TPSA) is 110 Å². The summed E-state index contributed by atoms with van der Waals surface area (Å²) in [4.78, 5) is 36.6. The van der Waals surface area contributed by atoms with Crippen molar-refractivity contribution in [2.45, 2.75) is 57.4 Å². The van der Waals surface area contributed by atoms with Gasteiger partial charge in [-0.15, -0.1) is 0 Å². The molecule has 2 aromatic heterocycles. The molecule has 1 N–H and O–H groups in total. The normalized spacial score (nSPS) is 24.5. The lowest BCUT2D eigenvalue weighted by Gasteiger charge is -2.32. The fraction of sp³-hybridized carbons (Fsp3) is 0.609. The van der Waals surface area contributed by atoms with Gasteiger partial charge in [-0.1, -0.05) is 18.0 Å². The molecule has 0 aromatic carbocycles. The maximum absolute atomic E-state index is 13.1. The molecule has 2 fully saturated rings. The van der Waals surface area contributed by atoms with Gasteiger partial charge in [0.25, 0.3) is 0 Å². The number of nitrogens with zero attached hydrogens (tertiary/aromatic N) is 4. The zero-order chi connectivity index (χ0) is 22.3. The van der Waals surface area contributed by atoms with E-state index in [1.54, 1.807) is 12.4 Å². The van der Waals surface area contributed by atoms with Crippen LogP contribution >= 0.6 is 0 Å². The molecule has 1 aliphatic heterocycles. The number of rotatable bonds is 5. The Bertz CT molecular complexity index is 903. The van der Waals surface area contributed by atoms with Crippen LogP contribution < -0.4 is 5.32 Å². The second-order valence-electron chi connectivity index (χ2n) is 8.47. The summed E-state index contributed by atoms with van der Waals surface area (Å²) in [6, 6.07) is 3.49. The first kappa shape index (κ1) is 22.4. The first-order chi connectivity index (χ1) is 15.7. The predicted molar refractivity (Wildman–Crippen MR) is 116 cm³/mol. The second-order valence-corrected chi connectivity index (χ2v) is 8.47. The van der Waals surface area contributed by atoms with Crippen molar-refractivity contribution in [2.24, 2.45) is 5.92 Å². The number of aromatic nitrogens is 3. The number of carbonyl (C=O) groups is 2. The van der Waals surface area contributed by atoms with Crippen molar-refractivity contribution in [3.63, 3.8) is 0 Å². The number of fused-ring (bicyclic) bond motifs is 1. The van der Waals surface area contributed by atoms with E-state index in [1.807, 2.05) is 24.0 Å². The molecule has 3 atom stereocenters. The van der Waals surface area contributed by atoms with Crippen molar-refractivity contribution in [1.82, 2.24) is 25.3 Å². The van der Waals surface area contributed by atoms with Gasteiger partial charge in [-0.25, -0.2) is 0 Å². The highest BCUT2D eigenvalue weighted by Crippen LogP contribution is 2.41. The minimum atomic E-state index is -0.308. The molecule has 0 radical (unpaired) electrons. The fourth-order valence-corrected chi connectivity index (χ4v) is 4.71. The summed E-state index contributed by atoms with van der Waals surface area (Å²) in [5, 5.41) is 7.19. The van der Waals surface area contributed by atoms with E-state index in [9.17, 15) is 9.59 Å². The Balaban J connectivity index is 1.57. The molecule has 9 nitrogen and oxygen atoms in total. The lowest BCUT2D eigenvalue weighted by molar-refractivity contribution is -0.140. The van der Waals surface area contributed by atoms with Gasteiger partial charge in [0.15, 0.2) is 0 Å². The smallest absolute Gasteiger partial charge is 0.248 e. The minimum absolute atomic E-state index is 0.000563. The first-order valence-corrected chi connectivity index (χ1v) is 11.6. The Morgan fingerprint density at radius 1 is 1.28 bits per heavy atom. The Kier molecular flexibility index (Phi) is 7.47. The first-order valence-electron chi connectivity index (χ1n) is 11.6. The van der Waals surface area contributed by atoms with Crippen LogP contribution in [0.3, 0.4) is 0 Å². The lowest BCUT2D eigenvalue weighted by atomic mass is 10.00. The van der Waals surface area contributed by atoms with E-state index in [4.69, 9.17) is 9.26 Å². The van der Waals surface area contributed by atoms with Crippen LogP contribution in [0.5, 0.6) is 0 Å². The van der Waals surface area contributed by atoms with Gasteiger partial charge in [-0.3, -0.25) is 14.6 Å². The van der Waals surface area contributed by atoms with Crippen LogP contribution in [0.25, 0.3) is 11.4 Å². The molecule has 0 spiro atoms. The molecule has 4 rings (SSSR count). The second kappa shape index (κ2) is 10.7. The Morgan fingerprint density at radius 3 is 2.97 bits per heavy atom. The summed E-state index contributed by atoms with van der Waals surface area (Å²) in [6.45, 7) is 3.70. The van der Waals surface area contributed by atoms with Crippen LogP contribution in [0.4, 0.5) is 0 Å². The van der Waals surface area contributed by atoms with Crippen molar-refractivity contribution in [2.75, 3.05) is 26.3 Å². The molecule has 0 unspecified atom stereocenters. The van der Waals surface area contributed by atoms with Gasteiger partial charge in [0, 0.05) is 49.6 Å². The van der Waals surface area contributed by atoms with Gasteiger partial charge >= 0.3 is 0 Å². The Labute approximate surface area is 187 Å². The van der Waals surface area contributed by atoms with Gasteiger partial charge in [0.05, 0.1) is 5.92 Å². The van der Waals surface area contributed by atoms with Crippen LogP contribution in [-0.2, 0) is 14.3 Å². The summed E-state index contributed by atoms with van der Waals surface area (Å²) in [7, 11) is 0. The average Bonchev–Trinajstić information content (AvgIpc) is 3.47. The summed E-state index contributed by atoms with van der Waals surface area (Å²) in [6.07, 6.45) is 8.53. The molecule has 0 bridgehead atoms. The Hall–Kier alpha value is -2.81.